The van der Waals surface area contributed by atoms with E-state index in [4.69, 9.17) is 4.74 Å². The maximum atomic E-state index is 12.6. The van der Waals surface area contributed by atoms with Gasteiger partial charge in [0.25, 0.3) is 5.91 Å². The third-order valence-electron chi connectivity index (χ3n) is 5.48. The van der Waals surface area contributed by atoms with Crippen molar-refractivity contribution < 1.29 is 19.1 Å². The van der Waals surface area contributed by atoms with Crippen LogP contribution in [-0.2, 0) is 9.59 Å². The molecule has 34 heavy (non-hydrogen) atoms. The molecule has 2 rings (SSSR count). The van der Waals surface area contributed by atoms with E-state index in [9.17, 15) is 14.4 Å². The van der Waals surface area contributed by atoms with E-state index in [1.165, 1.54) is 0 Å². The van der Waals surface area contributed by atoms with E-state index in [-0.39, 0.29) is 17.7 Å². The number of benzene rings is 2. The minimum Gasteiger partial charge on any atom is -0.493 e. The van der Waals surface area contributed by atoms with Gasteiger partial charge in [-0.15, -0.1) is 0 Å². The van der Waals surface area contributed by atoms with Crippen molar-refractivity contribution >= 4 is 23.4 Å². The number of nitrogens with one attached hydrogen (secondary N) is 3. The van der Waals surface area contributed by atoms with E-state index in [2.05, 4.69) is 16.2 Å². The summed E-state index contributed by atoms with van der Waals surface area (Å²) in [5.74, 6) is 0.358. The van der Waals surface area contributed by atoms with Gasteiger partial charge in [0.1, 0.15) is 5.75 Å². The van der Waals surface area contributed by atoms with Gasteiger partial charge in [-0.2, -0.15) is 0 Å². The fourth-order valence-electron chi connectivity index (χ4n) is 3.32. The number of hydrogen-bond acceptors (Lipinski definition) is 4. The fourth-order valence-corrected chi connectivity index (χ4v) is 3.32. The summed E-state index contributed by atoms with van der Waals surface area (Å²) < 4.78 is 5.87. The van der Waals surface area contributed by atoms with Gasteiger partial charge in [0.2, 0.25) is 11.8 Å². The van der Waals surface area contributed by atoms with Crippen molar-refractivity contribution in [2.45, 2.75) is 60.8 Å². The Labute approximate surface area is 202 Å². The molecule has 0 aliphatic rings. The van der Waals surface area contributed by atoms with E-state index in [0.29, 0.717) is 37.1 Å². The second-order valence-corrected chi connectivity index (χ2v) is 9.74. The second kappa shape index (κ2) is 12.2. The van der Waals surface area contributed by atoms with Crippen LogP contribution in [-0.4, -0.2) is 24.3 Å². The topological polar surface area (TPSA) is 96.5 Å². The van der Waals surface area contributed by atoms with Crippen molar-refractivity contribution in [3.63, 3.8) is 0 Å². The molecule has 0 bridgehead atoms. The van der Waals surface area contributed by atoms with Crippen molar-refractivity contribution in [2.24, 2.45) is 11.3 Å². The number of aryl methyl sites for hydroxylation is 2. The molecule has 0 radical (unpaired) electrons. The first-order valence-electron chi connectivity index (χ1n) is 11.7. The summed E-state index contributed by atoms with van der Waals surface area (Å²) in [5.41, 5.74) is 7.52. The number of amides is 3. The highest BCUT2D eigenvalue weighted by molar-refractivity contribution is 5.97. The molecule has 7 nitrogen and oxygen atoms in total. The lowest BCUT2D eigenvalue weighted by Gasteiger charge is -2.23. The van der Waals surface area contributed by atoms with Crippen molar-refractivity contribution in [1.29, 1.82) is 0 Å². The summed E-state index contributed by atoms with van der Waals surface area (Å²) in [5, 5.41) is 2.80. The molecule has 3 N–H and O–H groups in total. The van der Waals surface area contributed by atoms with Gasteiger partial charge in [-0.3, -0.25) is 25.2 Å². The Kier molecular flexibility index (Phi) is 9.66. The zero-order chi connectivity index (χ0) is 25.3. The van der Waals surface area contributed by atoms with Gasteiger partial charge < -0.3 is 10.1 Å². The molecule has 2 aromatic carbocycles. The Hall–Kier alpha value is -3.35. The molecule has 0 aliphatic carbocycles. The van der Waals surface area contributed by atoms with E-state index in [0.717, 1.165) is 16.9 Å². The third-order valence-corrected chi connectivity index (χ3v) is 5.48. The predicted octanol–water partition coefficient (Wildman–Crippen LogP) is 4.93. The fraction of sp³-hybridized carbons (Fsp3) is 0.444. The molecule has 0 saturated heterocycles. The Morgan fingerprint density at radius 2 is 1.65 bits per heavy atom. The maximum Gasteiger partial charge on any atom is 0.269 e. The standard InChI is InChI=1S/C27H37N3O4/c1-18(2)16-24(31)28-22-12-10-21(11-13-22)25(32)29-30-26(33)27(5,6)14-7-15-34-23-17-19(3)8-9-20(23)4/h8-13,17-18H,7,14-16H2,1-6H3,(H,28,31)(H,29,32)(H,30,33). The third kappa shape index (κ3) is 8.54. The number of rotatable bonds is 10. The molecule has 0 aliphatic heterocycles. The molecule has 7 heteroatoms. The summed E-state index contributed by atoms with van der Waals surface area (Å²) in [6.07, 6.45) is 1.73. The van der Waals surface area contributed by atoms with Crippen LogP contribution in [0.5, 0.6) is 5.75 Å². The number of ether oxygens (including phenoxy) is 1. The maximum absolute atomic E-state index is 12.6. The molecule has 0 aromatic heterocycles. The Bertz CT molecular complexity index is 997. The number of hydrazine groups is 1. The monoisotopic (exact) mass is 467 g/mol. The Morgan fingerprint density at radius 1 is 0.971 bits per heavy atom. The van der Waals surface area contributed by atoms with Gasteiger partial charge in [0.15, 0.2) is 0 Å². The van der Waals surface area contributed by atoms with Crippen LogP contribution in [0, 0.1) is 25.2 Å². The Morgan fingerprint density at radius 3 is 2.29 bits per heavy atom. The van der Waals surface area contributed by atoms with Crippen LogP contribution in [0.25, 0.3) is 0 Å². The smallest absolute Gasteiger partial charge is 0.269 e. The number of carbonyl (C=O) groups is 3. The minimum absolute atomic E-state index is 0.0684. The van der Waals surface area contributed by atoms with Gasteiger partial charge in [-0.25, -0.2) is 0 Å². The van der Waals surface area contributed by atoms with Crippen LogP contribution in [0.15, 0.2) is 42.5 Å². The van der Waals surface area contributed by atoms with Crippen molar-refractivity contribution in [3.05, 3.63) is 59.2 Å². The van der Waals surface area contributed by atoms with Crippen LogP contribution < -0.4 is 20.9 Å². The molecule has 2 aromatic rings. The molecule has 184 valence electrons. The lowest BCUT2D eigenvalue weighted by Crippen LogP contribution is -2.47. The first-order chi connectivity index (χ1) is 16.0. The van der Waals surface area contributed by atoms with Crippen LogP contribution in [0.3, 0.4) is 0 Å². The summed E-state index contributed by atoms with van der Waals surface area (Å²) in [6.45, 7) is 12.2. The van der Waals surface area contributed by atoms with Gasteiger partial charge >= 0.3 is 0 Å². The van der Waals surface area contributed by atoms with Gasteiger partial charge in [-0.1, -0.05) is 39.8 Å². The van der Waals surface area contributed by atoms with Crippen molar-refractivity contribution in [3.8, 4) is 5.75 Å². The van der Waals surface area contributed by atoms with E-state index < -0.39 is 11.3 Å². The van der Waals surface area contributed by atoms with Crippen LogP contribution in [0.4, 0.5) is 5.69 Å². The summed E-state index contributed by atoms with van der Waals surface area (Å²) >= 11 is 0. The Balaban J connectivity index is 1.78. The lowest BCUT2D eigenvalue weighted by atomic mass is 9.87. The molecule has 0 saturated carbocycles. The quantitative estimate of drug-likeness (QED) is 0.341. The van der Waals surface area contributed by atoms with Crippen LogP contribution in [0.2, 0.25) is 0 Å². The predicted molar refractivity (Wildman–Crippen MR) is 135 cm³/mol. The molecule has 0 atom stereocenters. The highest BCUT2D eigenvalue weighted by Crippen LogP contribution is 2.24. The zero-order valence-corrected chi connectivity index (χ0v) is 21.1. The zero-order valence-electron chi connectivity index (χ0n) is 21.1. The SMILES string of the molecule is Cc1ccc(C)c(OCCCC(C)(C)C(=O)NNC(=O)c2ccc(NC(=O)CC(C)C)cc2)c1. The van der Waals surface area contributed by atoms with Gasteiger partial charge in [0, 0.05) is 23.1 Å². The number of hydrogen-bond donors (Lipinski definition) is 3. The van der Waals surface area contributed by atoms with E-state index >= 15 is 0 Å². The molecule has 3 amide bonds. The highest BCUT2D eigenvalue weighted by atomic mass is 16.5. The average molecular weight is 468 g/mol. The first kappa shape index (κ1) is 26.9. The minimum atomic E-state index is -0.678. The van der Waals surface area contributed by atoms with Crippen LogP contribution in [0.1, 0.15) is 68.4 Å². The first-order valence-corrected chi connectivity index (χ1v) is 11.7. The molecular weight excluding hydrogens is 430 g/mol. The van der Waals surface area contributed by atoms with Gasteiger partial charge in [0.05, 0.1) is 6.61 Å². The average Bonchev–Trinajstić information content (AvgIpc) is 2.76. The largest absolute Gasteiger partial charge is 0.493 e. The van der Waals surface area contributed by atoms with E-state index in [1.807, 2.05) is 59.7 Å². The summed E-state index contributed by atoms with van der Waals surface area (Å²) in [7, 11) is 0. The van der Waals surface area contributed by atoms with Crippen molar-refractivity contribution in [2.75, 3.05) is 11.9 Å². The second-order valence-electron chi connectivity index (χ2n) is 9.74. The van der Waals surface area contributed by atoms with Crippen LogP contribution >= 0.6 is 0 Å². The normalized spacial score (nSPS) is 11.1. The number of anilines is 1. The lowest BCUT2D eigenvalue weighted by molar-refractivity contribution is -0.130. The van der Waals surface area contributed by atoms with E-state index in [1.54, 1.807) is 24.3 Å². The molecule has 0 fully saturated rings. The summed E-state index contributed by atoms with van der Waals surface area (Å²) in [6, 6.07) is 12.6. The molecule has 0 unspecified atom stereocenters. The number of carbonyl (C=O) groups excluding carboxylic acids is 3. The molecule has 0 heterocycles. The van der Waals surface area contributed by atoms with Crippen molar-refractivity contribution in [1.82, 2.24) is 10.9 Å². The summed E-state index contributed by atoms with van der Waals surface area (Å²) in [4.78, 5) is 36.9. The molecular formula is C27H37N3O4. The highest BCUT2D eigenvalue weighted by Gasteiger charge is 2.27. The molecule has 0 spiro atoms. The van der Waals surface area contributed by atoms with Gasteiger partial charge in [-0.05, 0) is 74.1 Å².